The Hall–Kier alpha value is -2.90. The first-order chi connectivity index (χ1) is 15.2. The van der Waals surface area contributed by atoms with Gasteiger partial charge in [-0.2, -0.15) is 0 Å². The topological polar surface area (TPSA) is 88.4 Å². The van der Waals surface area contributed by atoms with Gasteiger partial charge in [0.15, 0.2) is 0 Å². The van der Waals surface area contributed by atoms with Crippen LogP contribution in [-0.2, 0) is 18.0 Å². The predicted octanol–water partition coefficient (Wildman–Crippen LogP) is 3.00. The lowest BCUT2D eigenvalue weighted by atomic mass is 10.0. The van der Waals surface area contributed by atoms with E-state index in [4.69, 9.17) is 14.2 Å². The second-order valence-electron chi connectivity index (χ2n) is 7.51. The van der Waals surface area contributed by atoms with Crippen molar-refractivity contribution in [2.75, 3.05) is 6.61 Å². The molecule has 4 rings (SSSR count). The van der Waals surface area contributed by atoms with E-state index >= 15 is 0 Å². The largest absolute Gasteiger partial charge is 0.489 e. The average Bonchev–Trinajstić information content (AvgIpc) is 3.11. The molecule has 4 atom stereocenters. The van der Waals surface area contributed by atoms with Crippen molar-refractivity contribution in [3.8, 4) is 11.5 Å². The van der Waals surface area contributed by atoms with Gasteiger partial charge in [-0.1, -0.05) is 60.7 Å². The Labute approximate surface area is 181 Å². The summed E-state index contributed by atoms with van der Waals surface area (Å²) in [5.41, 5.74) is 2.62. The van der Waals surface area contributed by atoms with Gasteiger partial charge in [0, 0.05) is 11.6 Å². The van der Waals surface area contributed by atoms with E-state index in [2.05, 4.69) is 0 Å². The molecule has 162 valence electrons. The Morgan fingerprint density at radius 2 is 1.35 bits per heavy atom. The summed E-state index contributed by atoms with van der Waals surface area (Å²) in [6, 6.07) is 24.9. The third-order valence-corrected chi connectivity index (χ3v) is 5.32. The van der Waals surface area contributed by atoms with Crippen LogP contribution in [0.2, 0.25) is 0 Å². The second kappa shape index (κ2) is 9.94. The first-order valence-corrected chi connectivity index (χ1v) is 10.3. The Bertz CT molecular complexity index is 962. The van der Waals surface area contributed by atoms with Gasteiger partial charge in [-0.3, -0.25) is 0 Å². The molecule has 0 aliphatic carbocycles. The van der Waals surface area contributed by atoms with Crippen molar-refractivity contribution in [2.45, 2.75) is 37.6 Å². The van der Waals surface area contributed by atoms with Crippen LogP contribution in [0, 0.1) is 0 Å². The number of aliphatic hydroxyl groups excluding tert-OH is 3. The van der Waals surface area contributed by atoms with Crippen LogP contribution in [0.4, 0.5) is 0 Å². The standard InChI is InChI=1S/C25H26O6/c26-14-22-23(27)24(28)25(31-22)20-12-11-19(29-15-17-7-3-1-4-8-17)13-21(20)30-16-18-9-5-2-6-10-18/h1-13,22-28H,14-16H2/t22-,23+,24+,25-/m0/s1. The lowest BCUT2D eigenvalue weighted by Gasteiger charge is -2.20. The van der Waals surface area contributed by atoms with Crippen molar-refractivity contribution >= 4 is 0 Å². The minimum Gasteiger partial charge on any atom is -0.489 e. The van der Waals surface area contributed by atoms with Gasteiger partial charge in [0.2, 0.25) is 0 Å². The first kappa shape index (κ1) is 21.3. The molecule has 3 aromatic rings. The summed E-state index contributed by atoms with van der Waals surface area (Å²) in [5.74, 6) is 1.10. The number of hydrogen-bond acceptors (Lipinski definition) is 6. The fraction of sp³-hybridized carbons (Fsp3) is 0.280. The number of rotatable bonds is 8. The third-order valence-electron chi connectivity index (χ3n) is 5.32. The molecule has 0 radical (unpaired) electrons. The molecular formula is C25H26O6. The molecule has 3 aromatic carbocycles. The smallest absolute Gasteiger partial charge is 0.129 e. The number of ether oxygens (including phenoxy) is 3. The fourth-order valence-corrected chi connectivity index (χ4v) is 3.60. The van der Waals surface area contributed by atoms with Crippen LogP contribution in [0.15, 0.2) is 78.9 Å². The molecule has 1 aliphatic heterocycles. The van der Waals surface area contributed by atoms with Crippen LogP contribution in [0.1, 0.15) is 22.8 Å². The molecule has 0 unspecified atom stereocenters. The van der Waals surface area contributed by atoms with Crippen molar-refractivity contribution in [1.82, 2.24) is 0 Å². The van der Waals surface area contributed by atoms with Gasteiger partial charge in [0.1, 0.15) is 49.1 Å². The monoisotopic (exact) mass is 422 g/mol. The van der Waals surface area contributed by atoms with E-state index in [9.17, 15) is 15.3 Å². The molecule has 1 aliphatic rings. The molecule has 6 heteroatoms. The van der Waals surface area contributed by atoms with Crippen LogP contribution >= 0.6 is 0 Å². The van der Waals surface area contributed by atoms with Gasteiger partial charge >= 0.3 is 0 Å². The highest BCUT2D eigenvalue weighted by Gasteiger charge is 2.44. The zero-order chi connectivity index (χ0) is 21.6. The quantitative estimate of drug-likeness (QED) is 0.517. The Morgan fingerprint density at radius 3 is 1.94 bits per heavy atom. The normalized spacial score (nSPS) is 22.9. The lowest BCUT2D eigenvalue weighted by molar-refractivity contribution is -0.0235. The van der Waals surface area contributed by atoms with E-state index in [0.29, 0.717) is 30.3 Å². The molecule has 1 fully saturated rings. The molecule has 31 heavy (non-hydrogen) atoms. The number of aliphatic hydroxyl groups is 3. The van der Waals surface area contributed by atoms with Crippen LogP contribution in [0.3, 0.4) is 0 Å². The van der Waals surface area contributed by atoms with Gasteiger partial charge in [-0.25, -0.2) is 0 Å². The molecule has 0 spiro atoms. The highest BCUT2D eigenvalue weighted by Crippen LogP contribution is 2.40. The number of benzene rings is 3. The van der Waals surface area contributed by atoms with E-state index in [1.54, 1.807) is 18.2 Å². The molecule has 1 saturated heterocycles. The van der Waals surface area contributed by atoms with Crippen molar-refractivity contribution in [3.63, 3.8) is 0 Å². The van der Waals surface area contributed by atoms with E-state index < -0.39 is 24.4 Å². The van der Waals surface area contributed by atoms with Gasteiger partial charge in [0.05, 0.1) is 6.61 Å². The van der Waals surface area contributed by atoms with E-state index in [1.807, 2.05) is 60.7 Å². The number of hydrogen-bond donors (Lipinski definition) is 3. The zero-order valence-corrected chi connectivity index (χ0v) is 17.0. The molecular weight excluding hydrogens is 396 g/mol. The van der Waals surface area contributed by atoms with Crippen molar-refractivity contribution in [3.05, 3.63) is 95.6 Å². The Kier molecular flexibility index (Phi) is 6.84. The molecule has 3 N–H and O–H groups in total. The maximum atomic E-state index is 10.5. The SMILES string of the molecule is OC[C@@H]1O[C@@H](c2ccc(OCc3ccccc3)cc2OCc2ccccc2)[C@H](O)[C@@H]1O. The highest BCUT2D eigenvalue weighted by molar-refractivity contribution is 5.43. The minimum atomic E-state index is -1.18. The summed E-state index contributed by atoms with van der Waals surface area (Å²) in [5, 5.41) is 30.0. The molecule has 1 heterocycles. The second-order valence-corrected chi connectivity index (χ2v) is 7.51. The third kappa shape index (κ3) is 5.06. The van der Waals surface area contributed by atoms with Crippen molar-refractivity contribution in [2.24, 2.45) is 0 Å². The summed E-state index contributed by atoms with van der Waals surface area (Å²) in [6.07, 6.45) is -4.02. The highest BCUT2D eigenvalue weighted by atomic mass is 16.6. The van der Waals surface area contributed by atoms with Crippen LogP contribution < -0.4 is 9.47 Å². The van der Waals surface area contributed by atoms with Gasteiger partial charge in [-0.15, -0.1) is 0 Å². The fourth-order valence-electron chi connectivity index (χ4n) is 3.60. The molecule has 0 amide bonds. The maximum absolute atomic E-state index is 10.5. The summed E-state index contributed by atoms with van der Waals surface area (Å²) in [4.78, 5) is 0. The minimum absolute atomic E-state index is 0.324. The molecule has 0 bridgehead atoms. The van der Waals surface area contributed by atoms with E-state index in [-0.39, 0.29) is 6.61 Å². The van der Waals surface area contributed by atoms with Crippen LogP contribution in [0.5, 0.6) is 11.5 Å². The van der Waals surface area contributed by atoms with E-state index in [1.165, 1.54) is 0 Å². The summed E-state index contributed by atoms with van der Waals surface area (Å²) >= 11 is 0. The Morgan fingerprint density at radius 1 is 0.742 bits per heavy atom. The molecule has 0 saturated carbocycles. The summed E-state index contributed by atoms with van der Waals surface area (Å²) in [6.45, 7) is 0.351. The van der Waals surface area contributed by atoms with Crippen molar-refractivity contribution in [1.29, 1.82) is 0 Å². The van der Waals surface area contributed by atoms with E-state index in [0.717, 1.165) is 11.1 Å². The summed E-state index contributed by atoms with van der Waals surface area (Å²) < 4.78 is 17.7. The summed E-state index contributed by atoms with van der Waals surface area (Å²) in [7, 11) is 0. The molecule has 6 nitrogen and oxygen atoms in total. The molecule has 0 aromatic heterocycles. The average molecular weight is 422 g/mol. The maximum Gasteiger partial charge on any atom is 0.129 e. The van der Waals surface area contributed by atoms with Crippen molar-refractivity contribution < 1.29 is 29.5 Å². The predicted molar refractivity (Wildman–Crippen MR) is 115 cm³/mol. The zero-order valence-electron chi connectivity index (χ0n) is 17.0. The van der Waals surface area contributed by atoms with Crippen LogP contribution in [0.25, 0.3) is 0 Å². The lowest BCUT2D eigenvalue weighted by Crippen LogP contribution is -2.32. The van der Waals surface area contributed by atoms with Gasteiger partial charge < -0.3 is 29.5 Å². The Balaban J connectivity index is 1.57. The van der Waals surface area contributed by atoms with Gasteiger partial charge in [-0.05, 0) is 23.3 Å². The first-order valence-electron chi connectivity index (χ1n) is 10.3. The van der Waals surface area contributed by atoms with Crippen LogP contribution in [-0.4, -0.2) is 40.2 Å². The van der Waals surface area contributed by atoms with Gasteiger partial charge in [0.25, 0.3) is 0 Å².